The van der Waals surface area contributed by atoms with E-state index in [0.717, 1.165) is 7.11 Å². The number of aliphatic hydroxyl groups excluding tert-OH is 1. The van der Waals surface area contributed by atoms with Gasteiger partial charge >= 0.3 is 18.0 Å². The van der Waals surface area contributed by atoms with Crippen LogP contribution in [0.25, 0.3) is 0 Å². The summed E-state index contributed by atoms with van der Waals surface area (Å²) < 4.78 is 15.5. The van der Waals surface area contributed by atoms with Crippen LogP contribution in [0.2, 0.25) is 0 Å². The quantitative estimate of drug-likeness (QED) is 0.183. The molecule has 3 amide bonds. The van der Waals surface area contributed by atoms with E-state index in [4.69, 9.17) is 19.9 Å². The molecule has 0 aromatic heterocycles. The number of imide groups is 1. The van der Waals surface area contributed by atoms with Crippen LogP contribution in [0.15, 0.2) is 30.3 Å². The number of rotatable bonds is 16. The van der Waals surface area contributed by atoms with Gasteiger partial charge in [0.15, 0.2) is 0 Å². The van der Waals surface area contributed by atoms with Crippen LogP contribution in [0.4, 0.5) is 4.79 Å². The first-order valence-electron chi connectivity index (χ1n) is 15.0. The third kappa shape index (κ3) is 14.3. The summed E-state index contributed by atoms with van der Waals surface area (Å²) in [5.74, 6) is -3.44. The summed E-state index contributed by atoms with van der Waals surface area (Å²) in [5.41, 5.74) is 6.07. The molecule has 1 rings (SSSR count). The molecule has 0 saturated heterocycles. The van der Waals surface area contributed by atoms with Gasteiger partial charge in [-0.15, -0.1) is 0 Å². The Labute approximate surface area is 261 Å². The standard InChI is InChI=1S/C32H51N3O9/c1-20(2)16-23(33)29(39)35(25(18-28(38)42-8)30(40)43-19-22-12-10-9-11-13-22)27(37)15-14-26(36)24(17-21(3)4)34-31(41)44-32(5,6)7/h9-13,20-21,23-26,36H,14-19,33H2,1-8H3,(H,34,41)/t23?,24-,25?,26?/m0/s1. The van der Waals surface area contributed by atoms with Gasteiger partial charge < -0.3 is 30.4 Å². The number of hydrogen-bond donors (Lipinski definition) is 3. The van der Waals surface area contributed by atoms with E-state index in [-0.39, 0.29) is 31.3 Å². The lowest BCUT2D eigenvalue weighted by Crippen LogP contribution is -2.55. The van der Waals surface area contributed by atoms with Crippen molar-refractivity contribution in [3.63, 3.8) is 0 Å². The van der Waals surface area contributed by atoms with Crippen molar-refractivity contribution < 1.29 is 43.3 Å². The van der Waals surface area contributed by atoms with Gasteiger partial charge in [0.25, 0.3) is 0 Å². The monoisotopic (exact) mass is 621 g/mol. The van der Waals surface area contributed by atoms with Gasteiger partial charge in [0.05, 0.1) is 31.7 Å². The van der Waals surface area contributed by atoms with E-state index in [9.17, 15) is 29.1 Å². The van der Waals surface area contributed by atoms with E-state index in [2.05, 4.69) is 5.32 Å². The second-order valence-corrected chi connectivity index (χ2v) is 12.7. The molecule has 3 unspecified atom stereocenters. The number of hydrogen-bond acceptors (Lipinski definition) is 10. The van der Waals surface area contributed by atoms with Gasteiger partial charge in [-0.2, -0.15) is 0 Å². The fraction of sp³-hybridized carbons (Fsp3) is 0.656. The number of esters is 2. The second-order valence-electron chi connectivity index (χ2n) is 12.7. The smallest absolute Gasteiger partial charge is 0.407 e. The number of carbonyl (C=O) groups is 5. The molecule has 248 valence electrons. The maximum absolute atomic E-state index is 13.7. The van der Waals surface area contributed by atoms with Gasteiger partial charge in [0.2, 0.25) is 11.8 Å². The summed E-state index contributed by atoms with van der Waals surface area (Å²) in [6.07, 6.45) is -2.52. The lowest BCUT2D eigenvalue weighted by atomic mass is 9.96. The lowest BCUT2D eigenvalue weighted by molar-refractivity contribution is -0.165. The summed E-state index contributed by atoms with van der Waals surface area (Å²) >= 11 is 0. The molecule has 1 aromatic rings. The Morgan fingerprint density at radius 3 is 2.09 bits per heavy atom. The molecule has 0 bridgehead atoms. The summed E-state index contributed by atoms with van der Waals surface area (Å²) in [6, 6.07) is 5.23. The maximum Gasteiger partial charge on any atom is 0.407 e. The van der Waals surface area contributed by atoms with Crippen LogP contribution in [0.5, 0.6) is 0 Å². The van der Waals surface area contributed by atoms with Gasteiger partial charge in [-0.25, -0.2) is 9.59 Å². The number of aliphatic hydroxyl groups is 1. The highest BCUT2D eigenvalue weighted by atomic mass is 16.6. The lowest BCUT2D eigenvalue weighted by Gasteiger charge is -2.31. The first-order chi connectivity index (χ1) is 20.4. The molecule has 0 fully saturated rings. The number of methoxy groups -OCH3 is 1. The number of nitrogens with zero attached hydrogens (tertiary/aromatic N) is 1. The molecular weight excluding hydrogens is 570 g/mol. The Bertz CT molecular complexity index is 1090. The predicted molar refractivity (Wildman–Crippen MR) is 164 cm³/mol. The van der Waals surface area contributed by atoms with Crippen LogP contribution in [0.3, 0.4) is 0 Å². The van der Waals surface area contributed by atoms with Gasteiger partial charge in [0.1, 0.15) is 18.2 Å². The number of amides is 3. The van der Waals surface area contributed by atoms with Crippen molar-refractivity contribution in [3.05, 3.63) is 35.9 Å². The minimum atomic E-state index is -1.65. The summed E-state index contributed by atoms with van der Waals surface area (Å²) in [4.78, 5) is 66.1. The summed E-state index contributed by atoms with van der Waals surface area (Å²) in [6.45, 7) is 12.5. The molecule has 12 heteroatoms. The molecule has 0 saturated carbocycles. The molecule has 0 aliphatic heterocycles. The zero-order valence-electron chi connectivity index (χ0n) is 27.3. The molecule has 0 radical (unpaired) electrons. The molecule has 12 nitrogen and oxygen atoms in total. The van der Waals surface area contributed by atoms with Crippen LogP contribution in [0.1, 0.15) is 86.1 Å². The van der Waals surface area contributed by atoms with Crippen molar-refractivity contribution in [2.24, 2.45) is 17.6 Å². The second kappa shape index (κ2) is 18.3. The van der Waals surface area contributed by atoms with Gasteiger partial charge in [-0.3, -0.25) is 19.3 Å². The SMILES string of the molecule is COC(=O)CC(C(=O)OCc1ccccc1)N(C(=O)CCC(O)[C@H](CC(C)C)NC(=O)OC(C)(C)C)C(=O)C(N)CC(C)C. The molecule has 0 aliphatic carbocycles. The number of nitrogens with one attached hydrogen (secondary N) is 1. The number of carbonyl (C=O) groups excluding carboxylic acids is 5. The molecule has 0 heterocycles. The Kier molecular flexibility index (Phi) is 16.0. The molecule has 44 heavy (non-hydrogen) atoms. The minimum absolute atomic E-state index is 0.00691. The van der Waals surface area contributed by atoms with E-state index in [0.29, 0.717) is 16.9 Å². The van der Waals surface area contributed by atoms with Crippen molar-refractivity contribution in [3.8, 4) is 0 Å². The molecule has 4 N–H and O–H groups in total. The Hall–Kier alpha value is -3.51. The van der Waals surface area contributed by atoms with Crippen LogP contribution < -0.4 is 11.1 Å². The zero-order valence-corrected chi connectivity index (χ0v) is 27.3. The molecule has 1 aromatic carbocycles. The third-order valence-corrected chi connectivity index (χ3v) is 6.49. The summed E-state index contributed by atoms with van der Waals surface area (Å²) in [5, 5.41) is 13.7. The molecule has 0 spiro atoms. The van der Waals surface area contributed by atoms with E-state index in [1.807, 2.05) is 27.7 Å². The van der Waals surface area contributed by atoms with E-state index in [1.54, 1.807) is 51.1 Å². The predicted octanol–water partition coefficient (Wildman–Crippen LogP) is 3.47. The highest BCUT2D eigenvalue weighted by molar-refractivity contribution is 6.02. The van der Waals surface area contributed by atoms with Crippen LogP contribution >= 0.6 is 0 Å². The van der Waals surface area contributed by atoms with Crippen LogP contribution in [-0.4, -0.2) is 76.8 Å². The van der Waals surface area contributed by atoms with Gasteiger partial charge in [-0.05, 0) is 57.4 Å². The van der Waals surface area contributed by atoms with Crippen molar-refractivity contribution in [2.75, 3.05) is 7.11 Å². The van der Waals surface area contributed by atoms with Crippen molar-refractivity contribution >= 4 is 29.8 Å². The van der Waals surface area contributed by atoms with Crippen LogP contribution in [-0.2, 0) is 40.0 Å². The highest BCUT2D eigenvalue weighted by Gasteiger charge is 2.40. The fourth-order valence-electron chi connectivity index (χ4n) is 4.46. The molecular formula is C32H51N3O9. The van der Waals surface area contributed by atoms with Gasteiger partial charge in [0, 0.05) is 6.42 Å². The van der Waals surface area contributed by atoms with E-state index >= 15 is 0 Å². The third-order valence-electron chi connectivity index (χ3n) is 6.49. The number of alkyl carbamates (subject to hydrolysis) is 1. The Balaban J connectivity index is 3.28. The van der Waals surface area contributed by atoms with Crippen LogP contribution in [0, 0.1) is 11.8 Å². The highest BCUT2D eigenvalue weighted by Crippen LogP contribution is 2.19. The average Bonchev–Trinajstić information content (AvgIpc) is 2.92. The normalized spacial score (nSPS) is 14.3. The zero-order chi connectivity index (χ0) is 33.6. The maximum atomic E-state index is 13.7. The van der Waals surface area contributed by atoms with E-state index < -0.39 is 72.5 Å². The van der Waals surface area contributed by atoms with Gasteiger partial charge in [-0.1, -0.05) is 58.0 Å². The average molecular weight is 622 g/mol. The first-order valence-corrected chi connectivity index (χ1v) is 15.0. The van der Waals surface area contributed by atoms with E-state index in [1.165, 1.54) is 0 Å². The fourth-order valence-corrected chi connectivity index (χ4v) is 4.46. The number of nitrogens with two attached hydrogens (primary N) is 1. The Morgan fingerprint density at radius 2 is 1.57 bits per heavy atom. The largest absolute Gasteiger partial charge is 0.469 e. The summed E-state index contributed by atoms with van der Waals surface area (Å²) in [7, 11) is 1.12. The number of ether oxygens (including phenoxy) is 3. The minimum Gasteiger partial charge on any atom is -0.469 e. The number of benzene rings is 1. The van der Waals surface area contributed by atoms with Crippen molar-refractivity contribution in [2.45, 2.75) is 117 Å². The van der Waals surface area contributed by atoms with Crippen molar-refractivity contribution in [1.82, 2.24) is 10.2 Å². The molecule has 4 atom stereocenters. The Morgan fingerprint density at radius 1 is 0.977 bits per heavy atom. The van der Waals surface area contributed by atoms with Crippen molar-refractivity contribution in [1.29, 1.82) is 0 Å². The topological polar surface area (TPSA) is 175 Å². The first kappa shape index (κ1) is 38.5. The molecule has 0 aliphatic rings.